The molecule has 0 atom stereocenters. The standard InChI is InChI=1S/C14H17N3O3/c18-9-14(5-1-2-6-14)15-13(19)11-8-10(16-17-11)12-4-3-7-20-12/h3-4,7-8,18H,1-2,5-6,9H2,(H,15,19)(H,16,17). The zero-order valence-electron chi connectivity index (χ0n) is 11.1. The number of nitrogens with zero attached hydrogens (tertiary/aromatic N) is 1. The fraction of sp³-hybridized carbons (Fsp3) is 0.429. The Morgan fingerprint density at radius 1 is 1.50 bits per heavy atom. The Morgan fingerprint density at radius 2 is 2.30 bits per heavy atom. The number of carbonyl (C=O) groups excluding carboxylic acids is 1. The average molecular weight is 275 g/mol. The van der Waals surface area contributed by atoms with Crippen molar-refractivity contribution < 1.29 is 14.3 Å². The van der Waals surface area contributed by atoms with Crippen molar-refractivity contribution in [1.82, 2.24) is 15.5 Å². The zero-order chi connectivity index (χ0) is 14.0. The monoisotopic (exact) mass is 275 g/mol. The Labute approximate surface area is 116 Å². The largest absolute Gasteiger partial charge is 0.463 e. The van der Waals surface area contributed by atoms with Crippen LogP contribution in [0.1, 0.15) is 36.2 Å². The number of hydrogen-bond donors (Lipinski definition) is 3. The molecule has 1 saturated carbocycles. The molecule has 1 aliphatic carbocycles. The molecule has 3 rings (SSSR count). The highest BCUT2D eigenvalue weighted by atomic mass is 16.3. The van der Waals surface area contributed by atoms with Crippen molar-refractivity contribution in [2.24, 2.45) is 0 Å². The molecule has 1 fully saturated rings. The minimum Gasteiger partial charge on any atom is -0.463 e. The number of aliphatic hydroxyl groups excluding tert-OH is 1. The van der Waals surface area contributed by atoms with Crippen molar-refractivity contribution in [2.45, 2.75) is 31.2 Å². The highest BCUT2D eigenvalue weighted by Crippen LogP contribution is 2.29. The van der Waals surface area contributed by atoms with Crippen LogP contribution in [0.5, 0.6) is 0 Å². The van der Waals surface area contributed by atoms with E-state index in [2.05, 4.69) is 15.5 Å². The van der Waals surface area contributed by atoms with E-state index in [0.717, 1.165) is 25.7 Å². The zero-order valence-corrected chi connectivity index (χ0v) is 11.1. The number of aliphatic hydroxyl groups is 1. The predicted octanol–water partition coefficient (Wildman–Crippen LogP) is 1.70. The molecule has 2 aromatic heterocycles. The second kappa shape index (κ2) is 5.13. The third kappa shape index (κ3) is 2.34. The molecule has 2 heterocycles. The summed E-state index contributed by atoms with van der Waals surface area (Å²) in [6, 6.07) is 5.21. The molecule has 6 heteroatoms. The van der Waals surface area contributed by atoms with Crippen molar-refractivity contribution in [3.8, 4) is 11.5 Å². The van der Waals surface area contributed by atoms with Gasteiger partial charge in [-0.2, -0.15) is 5.10 Å². The van der Waals surface area contributed by atoms with Gasteiger partial charge in [-0.05, 0) is 25.0 Å². The summed E-state index contributed by atoms with van der Waals surface area (Å²) in [7, 11) is 0. The summed E-state index contributed by atoms with van der Waals surface area (Å²) in [4.78, 5) is 12.2. The molecule has 6 nitrogen and oxygen atoms in total. The lowest BCUT2D eigenvalue weighted by Gasteiger charge is -2.27. The summed E-state index contributed by atoms with van der Waals surface area (Å²) < 4.78 is 5.24. The first-order valence-electron chi connectivity index (χ1n) is 6.75. The Hall–Kier alpha value is -2.08. The van der Waals surface area contributed by atoms with Crippen LogP contribution in [0.25, 0.3) is 11.5 Å². The Bertz CT molecular complexity index is 583. The molecular weight excluding hydrogens is 258 g/mol. The second-order valence-corrected chi connectivity index (χ2v) is 5.24. The van der Waals surface area contributed by atoms with Crippen LogP contribution in [0.2, 0.25) is 0 Å². The summed E-state index contributed by atoms with van der Waals surface area (Å²) in [6.45, 7) is -0.0335. The quantitative estimate of drug-likeness (QED) is 0.792. The van der Waals surface area contributed by atoms with Gasteiger partial charge in [-0.15, -0.1) is 0 Å². The molecule has 0 aromatic carbocycles. The van der Waals surface area contributed by atoms with Gasteiger partial charge >= 0.3 is 0 Å². The summed E-state index contributed by atoms with van der Waals surface area (Å²) in [5.41, 5.74) is 0.474. The van der Waals surface area contributed by atoms with Gasteiger partial charge in [0.1, 0.15) is 5.69 Å². The first-order valence-corrected chi connectivity index (χ1v) is 6.75. The van der Waals surface area contributed by atoms with Crippen molar-refractivity contribution in [3.63, 3.8) is 0 Å². The molecule has 3 N–H and O–H groups in total. The number of hydrogen-bond acceptors (Lipinski definition) is 4. The number of furan rings is 1. The number of nitrogens with one attached hydrogen (secondary N) is 2. The van der Waals surface area contributed by atoms with E-state index < -0.39 is 5.54 Å². The Kier molecular flexibility index (Phi) is 3.31. The van der Waals surface area contributed by atoms with Crippen LogP contribution < -0.4 is 5.32 Å². The lowest BCUT2D eigenvalue weighted by Crippen LogP contribution is -2.49. The molecule has 0 aliphatic heterocycles. The highest BCUT2D eigenvalue weighted by Gasteiger charge is 2.35. The maximum atomic E-state index is 12.2. The lowest BCUT2D eigenvalue weighted by atomic mass is 9.99. The fourth-order valence-electron chi connectivity index (χ4n) is 2.68. The van der Waals surface area contributed by atoms with Gasteiger partial charge in [-0.25, -0.2) is 0 Å². The molecule has 20 heavy (non-hydrogen) atoms. The molecule has 1 amide bonds. The van der Waals surface area contributed by atoms with Gasteiger partial charge in [0, 0.05) is 6.07 Å². The van der Waals surface area contributed by atoms with Crippen LogP contribution in [0.15, 0.2) is 28.9 Å². The van der Waals surface area contributed by atoms with Gasteiger partial charge in [0.25, 0.3) is 5.91 Å². The SMILES string of the molecule is O=C(NC1(CO)CCCC1)c1cc(-c2ccco2)[nH]n1. The maximum Gasteiger partial charge on any atom is 0.272 e. The van der Waals surface area contributed by atoms with Crippen LogP contribution in [-0.4, -0.2) is 33.4 Å². The van der Waals surface area contributed by atoms with Crippen LogP contribution in [0, 0.1) is 0 Å². The second-order valence-electron chi connectivity index (χ2n) is 5.24. The lowest BCUT2D eigenvalue weighted by molar-refractivity contribution is 0.0833. The van der Waals surface area contributed by atoms with Gasteiger partial charge in [-0.1, -0.05) is 12.8 Å². The van der Waals surface area contributed by atoms with E-state index in [-0.39, 0.29) is 12.5 Å². The van der Waals surface area contributed by atoms with Crippen molar-refractivity contribution >= 4 is 5.91 Å². The van der Waals surface area contributed by atoms with Gasteiger partial charge in [0.05, 0.1) is 18.4 Å². The molecule has 2 aromatic rings. The molecule has 1 aliphatic rings. The number of aromatic amines is 1. The first-order chi connectivity index (χ1) is 9.72. The van der Waals surface area contributed by atoms with E-state index in [4.69, 9.17) is 4.42 Å². The number of rotatable bonds is 4. The summed E-state index contributed by atoms with van der Waals surface area (Å²) in [5.74, 6) is 0.365. The molecular formula is C14H17N3O3. The van der Waals surface area contributed by atoms with E-state index in [1.54, 1.807) is 24.5 Å². The van der Waals surface area contributed by atoms with Gasteiger partial charge in [0.2, 0.25) is 0 Å². The highest BCUT2D eigenvalue weighted by molar-refractivity contribution is 5.93. The smallest absolute Gasteiger partial charge is 0.272 e. The topological polar surface area (TPSA) is 91.1 Å². The fourth-order valence-corrected chi connectivity index (χ4v) is 2.68. The molecule has 0 unspecified atom stereocenters. The predicted molar refractivity (Wildman–Crippen MR) is 72.0 cm³/mol. The molecule has 0 radical (unpaired) electrons. The molecule has 0 bridgehead atoms. The molecule has 106 valence electrons. The number of amides is 1. The van der Waals surface area contributed by atoms with E-state index >= 15 is 0 Å². The summed E-state index contributed by atoms with van der Waals surface area (Å²) in [5, 5.41) is 19.2. The number of carbonyl (C=O) groups is 1. The summed E-state index contributed by atoms with van der Waals surface area (Å²) >= 11 is 0. The summed E-state index contributed by atoms with van der Waals surface area (Å²) in [6.07, 6.45) is 5.24. The van der Waals surface area contributed by atoms with Crippen molar-refractivity contribution in [1.29, 1.82) is 0 Å². The van der Waals surface area contributed by atoms with Crippen molar-refractivity contribution in [3.05, 3.63) is 30.2 Å². The van der Waals surface area contributed by atoms with E-state index in [0.29, 0.717) is 17.1 Å². The number of aromatic nitrogens is 2. The normalized spacial score (nSPS) is 17.2. The Morgan fingerprint density at radius 3 is 2.95 bits per heavy atom. The van der Waals surface area contributed by atoms with Gasteiger partial charge < -0.3 is 14.8 Å². The van der Waals surface area contributed by atoms with Gasteiger partial charge in [-0.3, -0.25) is 9.89 Å². The van der Waals surface area contributed by atoms with Crippen LogP contribution in [-0.2, 0) is 0 Å². The van der Waals surface area contributed by atoms with Crippen molar-refractivity contribution in [2.75, 3.05) is 6.61 Å². The Balaban J connectivity index is 1.74. The minimum absolute atomic E-state index is 0.0335. The van der Waals surface area contributed by atoms with E-state index in [1.807, 2.05) is 0 Å². The number of H-pyrrole nitrogens is 1. The molecule has 0 spiro atoms. The van der Waals surface area contributed by atoms with E-state index in [1.165, 1.54) is 0 Å². The molecule has 0 saturated heterocycles. The maximum absolute atomic E-state index is 12.2. The average Bonchev–Trinajstić information content (AvgIpc) is 3.19. The van der Waals surface area contributed by atoms with Crippen LogP contribution in [0.4, 0.5) is 0 Å². The van der Waals surface area contributed by atoms with E-state index in [9.17, 15) is 9.90 Å². The van der Waals surface area contributed by atoms with Crippen LogP contribution >= 0.6 is 0 Å². The first kappa shape index (κ1) is 12.9. The minimum atomic E-state index is -0.485. The van der Waals surface area contributed by atoms with Gasteiger partial charge in [0.15, 0.2) is 11.5 Å². The van der Waals surface area contributed by atoms with Crippen LogP contribution in [0.3, 0.4) is 0 Å². The third-order valence-corrected chi connectivity index (χ3v) is 3.84. The third-order valence-electron chi connectivity index (χ3n) is 3.84.